The van der Waals surface area contributed by atoms with Gasteiger partial charge in [-0.15, -0.1) is 0 Å². The first-order valence-electron chi connectivity index (χ1n) is 6.18. The molecule has 0 spiro atoms. The second-order valence-electron chi connectivity index (χ2n) is 1.45. The summed E-state index contributed by atoms with van der Waals surface area (Å²) in [6.07, 6.45) is 8.62. The Kier molecular flexibility index (Phi) is 216. The zero-order valence-corrected chi connectivity index (χ0v) is 12.4. The van der Waals surface area contributed by atoms with Crippen molar-refractivity contribution in [3.63, 3.8) is 0 Å². The molecule has 0 heteroatoms. The van der Waals surface area contributed by atoms with Gasteiger partial charge in [0.1, 0.15) is 0 Å². The number of hydrogen-bond donors (Lipinski definition) is 0. The van der Waals surface area contributed by atoms with Crippen LogP contribution in [0.3, 0.4) is 0 Å². The van der Waals surface area contributed by atoms with Crippen molar-refractivity contribution in [1.82, 2.24) is 0 Å². The van der Waals surface area contributed by atoms with E-state index in [0.29, 0.717) is 0 Å². The zero-order valence-electron chi connectivity index (χ0n) is 12.4. The summed E-state index contributed by atoms with van der Waals surface area (Å²) in [5, 5.41) is 0. The van der Waals surface area contributed by atoms with Gasteiger partial charge in [-0.05, 0) is 13.3 Å². The van der Waals surface area contributed by atoms with E-state index in [1.165, 1.54) is 0 Å². The lowest BCUT2D eigenvalue weighted by atomic mass is 10.4. The minimum absolute atomic E-state index is 1.16. The molecule has 15 heavy (non-hydrogen) atoms. The van der Waals surface area contributed by atoms with Crippen molar-refractivity contribution in [2.24, 2.45) is 0 Å². The maximum absolute atomic E-state index is 3.36. The van der Waals surface area contributed by atoms with Crippen LogP contribution in [0.1, 0.15) is 61.8 Å². The fourth-order valence-electron chi connectivity index (χ4n) is 0.236. The van der Waals surface area contributed by atoms with Crippen molar-refractivity contribution < 1.29 is 0 Å². The Morgan fingerprint density at radius 2 is 1.07 bits per heavy atom. The first kappa shape index (κ1) is 29.2. The lowest BCUT2D eigenvalue weighted by Crippen LogP contribution is -1.43. The molecule has 0 aliphatic carbocycles. The van der Waals surface area contributed by atoms with E-state index >= 15 is 0 Å². The highest BCUT2D eigenvalue weighted by molar-refractivity contribution is 4.88. The molecule has 0 aromatic carbocycles. The van der Waals surface area contributed by atoms with Crippen LogP contribution in [0.5, 0.6) is 0 Å². The third-order valence-corrected chi connectivity index (χ3v) is 0.638. The van der Waals surface area contributed by atoms with Crippen LogP contribution in [0, 0.1) is 0 Å². The van der Waals surface area contributed by atoms with Crippen molar-refractivity contribution >= 4 is 0 Å². The molecular formula is C15H34. The highest BCUT2D eigenvalue weighted by Gasteiger charge is 1.52. The molecule has 0 fully saturated rings. The molecule has 0 unspecified atom stereocenters. The molecule has 0 aromatic rings. The standard InChI is InChI=1S/C5H10.C4H6.3C2H6/c1-3-5-4-2;1-3-4-2;3*1-2/h3,5H,4H2,1-2H3;3-4H,1-2H2;3*1-2H3/b5-3-;;;;. The number of hydrogen-bond acceptors (Lipinski definition) is 0. The van der Waals surface area contributed by atoms with Gasteiger partial charge in [0.2, 0.25) is 0 Å². The maximum atomic E-state index is 3.36. The number of allylic oxidation sites excluding steroid dienone is 4. The summed E-state index contributed by atoms with van der Waals surface area (Å²) >= 11 is 0. The molecule has 0 radical (unpaired) electrons. The van der Waals surface area contributed by atoms with Crippen LogP contribution >= 0.6 is 0 Å². The summed E-state index contributed by atoms with van der Waals surface area (Å²) in [5.74, 6) is 0. The Bertz CT molecular complexity index is 72.0. The van der Waals surface area contributed by atoms with Crippen molar-refractivity contribution in [3.05, 3.63) is 37.5 Å². The Morgan fingerprint density at radius 3 is 1.07 bits per heavy atom. The lowest BCUT2D eigenvalue weighted by molar-refractivity contribution is 1.22. The van der Waals surface area contributed by atoms with Crippen LogP contribution in [0.2, 0.25) is 0 Å². The molecule has 0 saturated carbocycles. The first-order chi connectivity index (χ1) is 7.33. The molecule has 0 amide bonds. The minimum atomic E-state index is 1.16. The largest absolute Gasteiger partial charge is 0.0991 e. The second-order valence-corrected chi connectivity index (χ2v) is 1.45. The van der Waals surface area contributed by atoms with E-state index < -0.39 is 0 Å². The molecule has 94 valence electrons. The van der Waals surface area contributed by atoms with Gasteiger partial charge < -0.3 is 0 Å². The second kappa shape index (κ2) is 111. The first-order valence-corrected chi connectivity index (χ1v) is 6.18. The van der Waals surface area contributed by atoms with E-state index in [4.69, 9.17) is 0 Å². The van der Waals surface area contributed by atoms with Crippen LogP contribution in [0.25, 0.3) is 0 Å². The van der Waals surface area contributed by atoms with Crippen LogP contribution < -0.4 is 0 Å². The predicted molar refractivity (Wildman–Crippen MR) is 79.5 cm³/mol. The van der Waals surface area contributed by atoms with Gasteiger partial charge in [0.25, 0.3) is 0 Å². The van der Waals surface area contributed by atoms with E-state index in [0.717, 1.165) is 6.42 Å². The van der Waals surface area contributed by atoms with E-state index in [9.17, 15) is 0 Å². The molecule has 0 aliphatic heterocycles. The van der Waals surface area contributed by atoms with E-state index in [1.807, 2.05) is 48.5 Å². The molecule has 0 bridgehead atoms. The topological polar surface area (TPSA) is 0 Å². The molecular weight excluding hydrogens is 180 g/mol. The van der Waals surface area contributed by atoms with Gasteiger partial charge in [0.05, 0.1) is 0 Å². The summed E-state index contributed by atoms with van der Waals surface area (Å²) in [7, 11) is 0. The third kappa shape index (κ3) is 338. The van der Waals surface area contributed by atoms with Crippen LogP contribution in [-0.2, 0) is 0 Å². The predicted octanol–water partition coefficient (Wildman–Crippen LogP) is 6.41. The van der Waals surface area contributed by atoms with E-state index in [-0.39, 0.29) is 0 Å². The average molecular weight is 214 g/mol. The van der Waals surface area contributed by atoms with Crippen molar-refractivity contribution in [2.45, 2.75) is 61.8 Å². The molecule has 0 nitrogen and oxygen atoms in total. The Morgan fingerprint density at radius 1 is 0.800 bits per heavy atom. The van der Waals surface area contributed by atoms with Crippen LogP contribution in [-0.4, -0.2) is 0 Å². The van der Waals surface area contributed by atoms with Crippen molar-refractivity contribution in [3.8, 4) is 0 Å². The van der Waals surface area contributed by atoms with Crippen LogP contribution in [0.4, 0.5) is 0 Å². The van der Waals surface area contributed by atoms with Gasteiger partial charge in [0.15, 0.2) is 0 Å². The maximum Gasteiger partial charge on any atom is -0.0379 e. The quantitative estimate of drug-likeness (QED) is 0.368. The summed E-state index contributed by atoms with van der Waals surface area (Å²) in [6.45, 7) is 22.9. The smallest absolute Gasteiger partial charge is 0.0379 e. The fourth-order valence-corrected chi connectivity index (χ4v) is 0.236. The monoisotopic (exact) mass is 214 g/mol. The molecule has 0 saturated heterocycles. The normalized spacial score (nSPS) is 5.87. The number of rotatable bonds is 2. The Balaban J connectivity index is -0.0000000301. The van der Waals surface area contributed by atoms with Crippen molar-refractivity contribution in [1.29, 1.82) is 0 Å². The van der Waals surface area contributed by atoms with Gasteiger partial charge in [0, 0.05) is 0 Å². The Labute approximate surface area is 99.8 Å². The van der Waals surface area contributed by atoms with Gasteiger partial charge >= 0.3 is 0 Å². The third-order valence-electron chi connectivity index (χ3n) is 0.638. The molecule has 0 N–H and O–H groups in total. The molecule has 0 rings (SSSR count). The summed E-state index contributed by atoms with van der Waals surface area (Å²) in [6, 6.07) is 0. The molecule has 0 aromatic heterocycles. The van der Waals surface area contributed by atoms with E-state index in [2.05, 4.69) is 32.2 Å². The van der Waals surface area contributed by atoms with E-state index in [1.54, 1.807) is 12.2 Å². The van der Waals surface area contributed by atoms with Gasteiger partial charge in [-0.1, -0.05) is 85.9 Å². The Hall–Kier alpha value is -0.780. The SMILES string of the molecule is C/C=C\CC.C=CC=C.CC.CC.CC. The summed E-state index contributed by atoms with van der Waals surface area (Å²) in [5.41, 5.74) is 0. The zero-order chi connectivity index (χ0) is 13.5. The van der Waals surface area contributed by atoms with Crippen molar-refractivity contribution in [2.75, 3.05) is 0 Å². The molecule has 0 atom stereocenters. The molecule has 0 heterocycles. The highest BCUT2D eigenvalue weighted by atomic mass is 13.6. The summed E-state index contributed by atoms with van der Waals surface area (Å²) < 4.78 is 0. The fraction of sp³-hybridized carbons (Fsp3) is 0.600. The minimum Gasteiger partial charge on any atom is -0.0991 e. The molecule has 0 aliphatic rings. The average Bonchev–Trinajstić information content (AvgIpc) is 2.38. The summed E-state index contributed by atoms with van der Waals surface area (Å²) in [4.78, 5) is 0. The lowest BCUT2D eigenvalue weighted by Gasteiger charge is -1.65. The van der Waals surface area contributed by atoms with Gasteiger partial charge in [-0.3, -0.25) is 0 Å². The van der Waals surface area contributed by atoms with Gasteiger partial charge in [-0.2, -0.15) is 0 Å². The van der Waals surface area contributed by atoms with Gasteiger partial charge in [-0.25, -0.2) is 0 Å². The highest BCUT2D eigenvalue weighted by Crippen LogP contribution is 1.73. The van der Waals surface area contributed by atoms with Crippen LogP contribution in [0.15, 0.2) is 37.5 Å².